The number of amides is 1. The summed E-state index contributed by atoms with van der Waals surface area (Å²) in [5, 5.41) is 3.03. The van der Waals surface area contributed by atoms with E-state index in [1.54, 1.807) is 0 Å². The Labute approximate surface area is 201 Å². The van der Waals surface area contributed by atoms with Crippen LogP contribution in [0.3, 0.4) is 0 Å². The minimum atomic E-state index is -0.108. The number of hydrogen-bond donors (Lipinski definition) is 2. The van der Waals surface area contributed by atoms with Crippen molar-refractivity contribution in [2.75, 3.05) is 10.6 Å². The minimum Gasteiger partial charge on any atom is -0.399 e. The van der Waals surface area contributed by atoms with Crippen LogP contribution in [0.5, 0.6) is 0 Å². The lowest BCUT2D eigenvalue weighted by Crippen LogP contribution is -2.38. The highest BCUT2D eigenvalue weighted by Crippen LogP contribution is 2.41. The minimum absolute atomic E-state index is 0.108. The maximum absolute atomic E-state index is 12.8. The molecule has 34 heavy (non-hydrogen) atoms. The van der Waals surface area contributed by atoms with Gasteiger partial charge >= 0.3 is 0 Å². The van der Waals surface area contributed by atoms with E-state index in [9.17, 15) is 4.79 Å². The summed E-state index contributed by atoms with van der Waals surface area (Å²) < 4.78 is 0. The Balaban J connectivity index is 1.26. The Kier molecular flexibility index (Phi) is 6.22. The van der Waals surface area contributed by atoms with E-state index in [2.05, 4.69) is 28.2 Å². The number of hydrogen-bond acceptors (Lipinski definition) is 5. The third kappa shape index (κ3) is 4.63. The second kappa shape index (κ2) is 9.45. The summed E-state index contributed by atoms with van der Waals surface area (Å²) in [7, 11) is 0. The van der Waals surface area contributed by atoms with Gasteiger partial charge in [0.25, 0.3) is 5.91 Å². The summed E-state index contributed by atoms with van der Waals surface area (Å²) in [6.07, 6.45) is 6.47. The van der Waals surface area contributed by atoms with E-state index in [0.717, 1.165) is 40.1 Å². The highest BCUT2D eigenvalue weighted by Gasteiger charge is 2.40. The Hall–Kier alpha value is -3.41. The number of rotatable bonds is 5. The molecule has 1 aliphatic heterocycles. The number of nitrogens with two attached hydrogens (primary N) is 1. The smallest absolute Gasteiger partial charge is 0.251 e. The molecule has 6 heteroatoms. The summed E-state index contributed by atoms with van der Waals surface area (Å²) in [4.78, 5) is 24.7. The number of aryl methyl sites for hydroxylation is 1. The summed E-state index contributed by atoms with van der Waals surface area (Å²) in [5.74, 6) is 2.43. The molecule has 1 saturated heterocycles. The van der Waals surface area contributed by atoms with Crippen LogP contribution in [-0.2, 0) is 6.54 Å². The van der Waals surface area contributed by atoms with Gasteiger partial charge in [0.2, 0.25) is 0 Å². The van der Waals surface area contributed by atoms with Crippen molar-refractivity contribution in [2.24, 2.45) is 5.92 Å². The summed E-state index contributed by atoms with van der Waals surface area (Å²) >= 11 is 0. The monoisotopic (exact) mass is 455 g/mol. The molecule has 2 aromatic carbocycles. The van der Waals surface area contributed by atoms with Crippen molar-refractivity contribution in [1.29, 1.82) is 0 Å². The van der Waals surface area contributed by atoms with Crippen LogP contribution in [0.1, 0.15) is 60.9 Å². The molecule has 5 rings (SSSR count). The van der Waals surface area contributed by atoms with E-state index in [1.807, 2.05) is 55.5 Å². The molecule has 176 valence electrons. The topological polar surface area (TPSA) is 84.1 Å². The first-order valence-corrected chi connectivity index (χ1v) is 12.3. The molecule has 6 nitrogen and oxygen atoms in total. The van der Waals surface area contributed by atoms with E-state index in [-0.39, 0.29) is 5.91 Å². The van der Waals surface area contributed by atoms with Crippen molar-refractivity contribution in [3.05, 3.63) is 71.7 Å². The van der Waals surface area contributed by atoms with Crippen LogP contribution in [0.25, 0.3) is 11.1 Å². The molecule has 3 aromatic rings. The highest BCUT2D eigenvalue weighted by atomic mass is 16.1. The van der Waals surface area contributed by atoms with Crippen molar-refractivity contribution in [3.8, 4) is 11.1 Å². The SMILES string of the molecule is Cc1nc(CNC(=O)c2ccc(-c3ccc(N)cc3)cc2)cc(N2C(C)CC3CCCCC32)n1. The van der Waals surface area contributed by atoms with Crippen LogP contribution in [0.15, 0.2) is 54.6 Å². The van der Waals surface area contributed by atoms with Crippen LogP contribution in [0.4, 0.5) is 11.5 Å². The number of benzene rings is 2. The predicted octanol–water partition coefficient (Wildman–Crippen LogP) is 5.12. The predicted molar refractivity (Wildman–Crippen MR) is 137 cm³/mol. The zero-order valence-corrected chi connectivity index (χ0v) is 20.0. The Morgan fingerprint density at radius 2 is 1.71 bits per heavy atom. The van der Waals surface area contributed by atoms with Crippen LogP contribution in [-0.4, -0.2) is 28.0 Å². The zero-order chi connectivity index (χ0) is 23.7. The molecule has 1 saturated carbocycles. The largest absolute Gasteiger partial charge is 0.399 e. The van der Waals surface area contributed by atoms with Gasteiger partial charge in [-0.05, 0) is 74.4 Å². The number of carbonyl (C=O) groups excluding carboxylic acids is 1. The van der Waals surface area contributed by atoms with E-state index < -0.39 is 0 Å². The van der Waals surface area contributed by atoms with Crippen molar-refractivity contribution >= 4 is 17.4 Å². The van der Waals surface area contributed by atoms with Gasteiger partial charge in [0.1, 0.15) is 11.6 Å². The fourth-order valence-corrected chi connectivity index (χ4v) is 5.70. The molecule has 3 unspecified atom stereocenters. The molecule has 0 radical (unpaired) electrons. The fourth-order valence-electron chi connectivity index (χ4n) is 5.70. The number of anilines is 2. The number of nitrogens with one attached hydrogen (secondary N) is 1. The Morgan fingerprint density at radius 3 is 2.44 bits per heavy atom. The Morgan fingerprint density at radius 1 is 1.03 bits per heavy atom. The average molecular weight is 456 g/mol. The van der Waals surface area contributed by atoms with Gasteiger partial charge in [-0.2, -0.15) is 0 Å². The van der Waals surface area contributed by atoms with Gasteiger partial charge in [0, 0.05) is 29.4 Å². The van der Waals surface area contributed by atoms with Crippen molar-refractivity contribution in [1.82, 2.24) is 15.3 Å². The van der Waals surface area contributed by atoms with Gasteiger partial charge in [-0.15, -0.1) is 0 Å². The van der Waals surface area contributed by atoms with Gasteiger partial charge in [0.05, 0.1) is 12.2 Å². The first-order valence-electron chi connectivity index (χ1n) is 12.3. The molecule has 1 amide bonds. The van der Waals surface area contributed by atoms with Gasteiger partial charge in [0.15, 0.2) is 0 Å². The van der Waals surface area contributed by atoms with Gasteiger partial charge in [-0.3, -0.25) is 4.79 Å². The molecule has 3 N–H and O–H groups in total. The normalized spacial score (nSPS) is 21.8. The molecule has 3 atom stereocenters. The van der Waals surface area contributed by atoms with Crippen LogP contribution < -0.4 is 16.0 Å². The first kappa shape index (κ1) is 22.4. The van der Waals surface area contributed by atoms with Gasteiger partial charge in [-0.1, -0.05) is 37.1 Å². The summed E-state index contributed by atoms with van der Waals surface area (Å²) in [6, 6.07) is 18.5. The van der Waals surface area contributed by atoms with Gasteiger partial charge in [-0.25, -0.2) is 9.97 Å². The molecule has 2 heterocycles. The molecular formula is C28H33N5O. The number of nitrogen functional groups attached to an aromatic ring is 1. The number of carbonyl (C=O) groups is 1. The summed E-state index contributed by atoms with van der Waals surface area (Å²) in [6.45, 7) is 4.63. The van der Waals surface area contributed by atoms with Crippen LogP contribution in [0, 0.1) is 12.8 Å². The third-order valence-corrected chi connectivity index (χ3v) is 7.31. The molecule has 2 fully saturated rings. The quantitative estimate of drug-likeness (QED) is 0.522. The standard InChI is InChI=1S/C28H33N5O/c1-18-15-23-5-3-4-6-26(23)33(18)27-16-25(31-19(2)32-27)17-30-28(34)22-9-7-20(8-10-22)21-11-13-24(29)14-12-21/h7-14,16,18,23,26H,3-6,15,17,29H2,1-2H3,(H,30,34). The Bertz CT molecular complexity index is 1160. The lowest BCUT2D eigenvalue weighted by atomic mass is 9.85. The first-order chi connectivity index (χ1) is 16.5. The number of aromatic nitrogens is 2. The van der Waals surface area contributed by atoms with Crippen molar-refractivity contribution in [2.45, 2.75) is 64.6 Å². The second-order valence-corrected chi connectivity index (χ2v) is 9.75. The summed E-state index contributed by atoms with van der Waals surface area (Å²) in [5.41, 5.74) is 10.1. The zero-order valence-electron chi connectivity index (χ0n) is 20.0. The van der Waals surface area contributed by atoms with Gasteiger partial charge < -0.3 is 16.0 Å². The highest BCUT2D eigenvalue weighted by molar-refractivity contribution is 5.94. The number of nitrogens with zero attached hydrogens (tertiary/aromatic N) is 3. The third-order valence-electron chi connectivity index (χ3n) is 7.31. The lowest BCUT2D eigenvalue weighted by Gasteiger charge is -2.34. The van der Waals surface area contributed by atoms with E-state index in [4.69, 9.17) is 10.7 Å². The second-order valence-electron chi connectivity index (χ2n) is 9.75. The molecule has 2 aliphatic rings. The van der Waals surface area contributed by atoms with Crippen molar-refractivity contribution in [3.63, 3.8) is 0 Å². The molecule has 0 bridgehead atoms. The molecule has 0 spiro atoms. The molecular weight excluding hydrogens is 422 g/mol. The van der Waals surface area contributed by atoms with E-state index >= 15 is 0 Å². The van der Waals surface area contributed by atoms with Crippen LogP contribution >= 0.6 is 0 Å². The molecule has 1 aromatic heterocycles. The van der Waals surface area contributed by atoms with E-state index in [0.29, 0.717) is 24.2 Å². The maximum atomic E-state index is 12.8. The number of fused-ring (bicyclic) bond motifs is 1. The average Bonchev–Trinajstić information content (AvgIpc) is 3.18. The molecule has 1 aliphatic carbocycles. The van der Waals surface area contributed by atoms with E-state index in [1.165, 1.54) is 32.1 Å². The fraction of sp³-hybridized carbons (Fsp3) is 0.393. The lowest BCUT2D eigenvalue weighted by molar-refractivity contribution is 0.0950. The van der Waals surface area contributed by atoms with Crippen molar-refractivity contribution < 1.29 is 4.79 Å². The van der Waals surface area contributed by atoms with Crippen LogP contribution in [0.2, 0.25) is 0 Å². The maximum Gasteiger partial charge on any atom is 0.251 e.